The van der Waals surface area contributed by atoms with Gasteiger partial charge in [-0.05, 0) is 54.0 Å². The Kier molecular flexibility index (Phi) is 7.89. The number of nitrogens with zero attached hydrogens (tertiary/aromatic N) is 2. The molecule has 1 aliphatic rings. The molecule has 2 heterocycles. The van der Waals surface area contributed by atoms with E-state index in [-0.39, 0.29) is 11.4 Å². The van der Waals surface area contributed by atoms with Crippen molar-refractivity contribution in [3.63, 3.8) is 0 Å². The molecular weight excluding hydrogens is 483 g/mol. The SMILES string of the molecule is NC(=NCCN1CCNCC1)c1c(Nc2ccc(Oc3ccc(Cl)cc3Cl)cc2)s[nH]c1=O. The average Bonchev–Trinajstić information content (AvgIpc) is 3.17. The minimum absolute atomic E-state index is 0.229. The van der Waals surface area contributed by atoms with Crippen LogP contribution in [-0.2, 0) is 0 Å². The van der Waals surface area contributed by atoms with Gasteiger partial charge in [0.15, 0.2) is 0 Å². The summed E-state index contributed by atoms with van der Waals surface area (Å²) in [6.07, 6.45) is 0. The molecule has 1 aromatic heterocycles. The van der Waals surface area contributed by atoms with Gasteiger partial charge in [-0.2, -0.15) is 0 Å². The maximum absolute atomic E-state index is 12.3. The molecular formula is C22H24Cl2N6O2S. The third-order valence-electron chi connectivity index (χ3n) is 5.10. The smallest absolute Gasteiger partial charge is 0.271 e. The predicted octanol–water partition coefficient (Wildman–Crippen LogP) is 3.89. The molecule has 1 saturated heterocycles. The molecule has 3 aromatic rings. The predicted molar refractivity (Wildman–Crippen MR) is 136 cm³/mol. The lowest BCUT2D eigenvalue weighted by molar-refractivity contribution is 0.247. The second kappa shape index (κ2) is 11.0. The number of halogens is 2. The summed E-state index contributed by atoms with van der Waals surface area (Å²) in [5.41, 5.74) is 7.04. The molecule has 5 N–H and O–H groups in total. The van der Waals surface area contributed by atoms with Crippen molar-refractivity contribution in [1.29, 1.82) is 0 Å². The lowest BCUT2D eigenvalue weighted by Crippen LogP contribution is -2.44. The second-order valence-corrected chi connectivity index (χ2v) is 9.08. The lowest BCUT2D eigenvalue weighted by atomic mass is 10.2. The fourth-order valence-electron chi connectivity index (χ4n) is 3.37. The van der Waals surface area contributed by atoms with E-state index in [1.54, 1.807) is 30.3 Å². The second-order valence-electron chi connectivity index (χ2n) is 7.42. The fourth-order valence-corrected chi connectivity index (χ4v) is 4.58. The Labute approximate surface area is 205 Å². The van der Waals surface area contributed by atoms with Crippen LogP contribution >= 0.6 is 34.7 Å². The van der Waals surface area contributed by atoms with Crippen LogP contribution in [0.4, 0.5) is 10.7 Å². The first-order valence-electron chi connectivity index (χ1n) is 10.4. The van der Waals surface area contributed by atoms with Crippen LogP contribution in [0.3, 0.4) is 0 Å². The van der Waals surface area contributed by atoms with Gasteiger partial charge in [-0.3, -0.25) is 19.1 Å². The molecule has 1 fully saturated rings. The molecule has 2 aromatic carbocycles. The van der Waals surface area contributed by atoms with Crippen molar-refractivity contribution >= 4 is 51.3 Å². The van der Waals surface area contributed by atoms with Gasteiger partial charge < -0.3 is 21.1 Å². The molecule has 0 saturated carbocycles. The van der Waals surface area contributed by atoms with Crippen molar-refractivity contribution in [3.8, 4) is 11.5 Å². The van der Waals surface area contributed by atoms with E-state index in [1.165, 1.54) is 11.5 Å². The third kappa shape index (κ3) is 6.27. The molecule has 0 aliphatic carbocycles. The summed E-state index contributed by atoms with van der Waals surface area (Å²) >= 11 is 13.3. The van der Waals surface area contributed by atoms with Crippen LogP contribution in [0.1, 0.15) is 5.56 Å². The number of nitrogens with two attached hydrogens (primary N) is 1. The number of nitrogens with one attached hydrogen (secondary N) is 3. The Morgan fingerprint density at radius 3 is 2.67 bits per heavy atom. The summed E-state index contributed by atoms with van der Waals surface area (Å²) in [7, 11) is 0. The number of hydrogen-bond donors (Lipinski definition) is 4. The number of amidine groups is 1. The number of rotatable bonds is 8. The van der Waals surface area contributed by atoms with Gasteiger partial charge in [-0.15, -0.1) is 0 Å². The highest BCUT2D eigenvalue weighted by molar-refractivity contribution is 7.10. The molecule has 174 valence electrons. The van der Waals surface area contributed by atoms with Crippen LogP contribution in [0, 0.1) is 0 Å². The van der Waals surface area contributed by atoms with E-state index in [0.29, 0.717) is 38.7 Å². The summed E-state index contributed by atoms with van der Waals surface area (Å²) < 4.78 is 8.54. The van der Waals surface area contributed by atoms with Crippen LogP contribution < -0.4 is 26.7 Å². The monoisotopic (exact) mass is 506 g/mol. The van der Waals surface area contributed by atoms with E-state index in [2.05, 4.69) is 24.9 Å². The lowest BCUT2D eigenvalue weighted by Gasteiger charge is -2.26. The van der Waals surface area contributed by atoms with E-state index < -0.39 is 0 Å². The molecule has 33 heavy (non-hydrogen) atoms. The first-order chi connectivity index (χ1) is 16.0. The quantitative estimate of drug-likeness (QED) is 0.272. The molecule has 8 nitrogen and oxygen atoms in total. The molecule has 0 spiro atoms. The summed E-state index contributed by atoms with van der Waals surface area (Å²) in [6, 6.07) is 12.3. The minimum atomic E-state index is -0.261. The third-order valence-corrected chi connectivity index (χ3v) is 6.43. The summed E-state index contributed by atoms with van der Waals surface area (Å²) in [4.78, 5) is 19.1. The first kappa shape index (κ1) is 23.6. The van der Waals surface area contributed by atoms with Crippen molar-refractivity contribution < 1.29 is 4.74 Å². The van der Waals surface area contributed by atoms with E-state index >= 15 is 0 Å². The van der Waals surface area contributed by atoms with E-state index in [4.69, 9.17) is 33.7 Å². The topological polar surface area (TPSA) is 108 Å². The summed E-state index contributed by atoms with van der Waals surface area (Å²) in [5, 5.41) is 8.13. The number of piperazine rings is 1. The van der Waals surface area contributed by atoms with Gasteiger partial charge in [0.1, 0.15) is 27.9 Å². The minimum Gasteiger partial charge on any atom is -0.456 e. The van der Waals surface area contributed by atoms with Crippen LogP contribution in [0.15, 0.2) is 52.3 Å². The average molecular weight is 507 g/mol. The van der Waals surface area contributed by atoms with Crippen molar-refractivity contribution in [2.75, 3.05) is 44.6 Å². The number of aromatic amines is 1. The Bertz CT molecular complexity index is 1170. The molecule has 0 unspecified atom stereocenters. The van der Waals surface area contributed by atoms with Gasteiger partial charge in [0.25, 0.3) is 5.56 Å². The van der Waals surface area contributed by atoms with Gasteiger partial charge >= 0.3 is 0 Å². The van der Waals surface area contributed by atoms with Crippen LogP contribution in [0.2, 0.25) is 10.0 Å². The van der Waals surface area contributed by atoms with Gasteiger partial charge in [0, 0.05) is 43.4 Å². The Balaban J connectivity index is 1.41. The summed E-state index contributed by atoms with van der Waals surface area (Å²) in [5.74, 6) is 1.35. The van der Waals surface area contributed by atoms with Crippen LogP contribution in [-0.4, -0.2) is 54.4 Å². The number of hydrogen-bond acceptors (Lipinski definition) is 7. The first-order valence-corrected chi connectivity index (χ1v) is 12.0. The van der Waals surface area contributed by atoms with Crippen molar-refractivity contribution in [2.45, 2.75) is 0 Å². The maximum atomic E-state index is 12.3. The zero-order chi connectivity index (χ0) is 23.2. The molecule has 1 aliphatic heterocycles. The van der Waals surface area contributed by atoms with Gasteiger partial charge in [-0.1, -0.05) is 23.2 Å². The highest BCUT2D eigenvalue weighted by Gasteiger charge is 2.15. The highest BCUT2D eigenvalue weighted by Crippen LogP contribution is 2.32. The molecule has 11 heteroatoms. The molecule has 0 amide bonds. The van der Waals surface area contributed by atoms with Crippen LogP contribution in [0.25, 0.3) is 0 Å². The Hall–Kier alpha value is -2.56. The van der Waals surface area contributed by atoms with E-state index in [1.807, 2.05) is 12.1 Å². The number of ether oxygens (including phenoxy) is 1. The standard InChI is InChI=1S/C22H24Cl2N6O2S/c23-14-1-6-18(17(24)13-14)32-16-4-2-15(3-5-16)28-22-19(21(31)29-33-22)20(25)27-9-12-30-10-7-26-8-11-30/h1-6,13,26,28H,7-12H2,(H2,25,27)(H,29,31). The molecule has 0 bridgehead atoms. The maximum Gasteiger partial charge on any atom is 0.271 e. The normalized spacial score (nSPS) is 14.9. The number of aliphatic imine (C=N–C) groups is 1. The van der Waals surface area contributed by atoms with Gasteiger partial charge in [-0.25, -0.2) is 0 Å². The fraction of sp³-hybridized carbons (Fsp3) is 0.273. The Morgan fingerprint density at radius 1 is 1.18 bits per heavy atom. The Morgan fingerprint density at radius 2 is 1.94 bits per heavy atom. The van der Waals surface area contributed by atoms with E-state index in [9.17, 15) is 4.79 Å². The van der Waals surface area contributed by atoms with Gasteiger partial charge in [0.2, 0.25) is 0 Å². The van der Waals surface area contributed by atoms with Crippen molar-refractivity contribution in [3.05, 3.63) is 68.4 Å². The van der Waals surface area contributed by atoms with Gasteiger partial charge in [0.05, 0.1) is 11.6 Å². The highest BCUT2D eigenvalue weighted by atomic mass is 35.5. The molecule has 0 radical (unpaired) electrons. The van der Waals surface area contributed by atoms with Crippen LogP contribution in [0.5, 0.6) is 11.5 Å². The number of anilines is 2. The zero-order valence-corrected chi connectivity index (χ0v) is 20.1. The molecule has 0 atom stereocenters. The van der Waals surface area contributed by atoms with E-state index in [0.717, 1.165) is 38.4 Å². The number of H-pyrrole nitrogens is 1. The summed E-state index contributed by atoms with van der Waals surface area (Å²) in [6.45, 7) is 5.30. The molecule has 4 rings (SSSR count). The largest absolute Gasteiger partial charge is 0.456 e. The van der Waals surface area contributed by atoms with Crippen molar-refractivity contribution in [2.24, 2.45) is 10.7 Å². The number of benzene rings is 2. The number of aromatic nitrogens is 1. The zero-order valence-electron chi connectivity index (χ0n) is 17.7. The van der Waals surface area contributed by atoms with Crippen molar-refractivity contribution in [1.82, 2.24) is 14.6 Å².